The second kappa shape index (κ2) is 5.05. The van der Waals surface area contributed by atoms with Gasteiger partial charge < -0.3 is 14.6 Å². The van der Waals surface area contributed by atoms with E-state index in [4.69, 9.17) is 4.74 Å². The molecule has 4 heteroatoms. The molecule has 0 spiro atoms. The summed E-state index contributed by atoms with van der Waals surface area (Å²) in [6.07, 6.45) is 4.78. The summed E-state index contributed by atoms with van der Waals surface area (Å²) in [5, 5.41) is 3.53. The van der Waals surface area contributed by atoms with Gasteiger partial charge in [-0.25, -0.2) is 4.98 Å². The van der Waals surface area contributed by atoms with Gasteiger partial charge in [-0.1, -0.05) is 19.1 Å². The number of aryl methyl sites for hydroxylation is 1. The Morgan fingerprint density at radius 2 is 2.37 bits per heavy atom. The number of benzene rings is 1. The van der Waals surface area contributed by atoms with E-state index in [0.29, 0.717) is 0 Å². The zero-order valence-electron chi connectivity index (χ0n) is 11.4. The first-order valence-corrected chi connectivity index (χ1v) is 6.75. The van der Waals surface area contributed by atoms with E-state index in [9.17, 15) is 0 Å². The normalized spacial score (nSPS) is 15.1. The van der Waals surface area contributed by atoms with Gasteiger partial charge in [0.25, 0.3) is 0 Å². The second-order valence-corrected chi connectivity index (χ2v) is 4.89. The van der Waals surface area contributed by atoms with Crippen molar-refractivity contribution in [2.24, 2.45) is 7.05 Å². The van der Waals surface area contributed by atoms with Gasteiger partial charge in [-0.05, 0) is 23.7 Å². The minimum absolute atomic E-state index is 0.184. The van der Waals surface area contributed by atoms with E-state index in [0.717, 1.165) is 25.3 Å². The van der Waals surface area contributed by atoms with Crippen LogP contribution in [-0.4, -0.2) is 22.7 Å². The average molecular weight is 257 g/mol. The van der Waals surface area contributed by atoms with Gasteiger partial charge in [-0.2, -0.15) is 0 Å². The Labute approximate surface area is 113 Å². The van der Waals surface area contributed by atoms with Gasteiger partial charge in [0, 0.05) is 13.5 Å². The molecule has 1 aliphatic heterocycles. The van der Waals surface area contributed by atoms with Gasteiger partial charge in [-0.15, -0.1) is 0 Å². The molecule has 1 aromatic heterocycles. The molecule has 0 aliphatic carbocycles. The molecular weight excluding hydrogens is 238 g/mol. The van der Waals surface area contributed by atoms with Crippen LogP contribution in [0.4, 0.5) is 0 Å². The Morgan fingerprint density at radius 3 is 3.11 bits per heavy atom. The lowest BCUT2D eigenvalue weighted by Crippen LogP contribution is -2.24. The topological polar surface area (TPSA) is 39.1 Å². The number of hydrogen-bond donors (Lipinski definition) is 1. The highest BCUT2D eigenvalue weighted by atomic mass is 16.5. The number of hydrogen-bond acceptors (Lipinski definition) is 3. The molecule has 2 heterocycles. The van der Waals surface area contributed by atoms with Crippen molar-refractivity contribution >= 4 is 0 Å². The van der Waals surface area contributed by atoms with Gasteiger partial charge in [-0.3, -0.25) is 0 Å². The van der Waals surface area contributed by atoms with Crippen molar-refractivity contribution in [1.82, 2.24) is 14.9 Å². The molecular formula is C15H19N3O. The van der Waals surface area contributed by atoms with E-state index in [1.165, 1.54) is 16.8 Å². The molecule has 19 heavy (non-hydrogen) atoms. The predicted octanol–water partition coefficient (Wildman–Crippen LogP) is 2.05. The molecule has 1 atom stereocenters. The average Bonchev–Trinajstić information content (AvgIpc) is 3.03. The molecule has 4 nitrogen and oxygen atoms in total. The summed E-state index contributed by atoms with van der Waals surface area (Å²) >= 11 is 0. The molecule has 0 amide bonds. The summed E-state index contributed by atoms with van der Waals surface area (Å²) in [6.45, 7) is 3.85. The predicted molar refractivity (Wildman–Crippen MR) is 74.4 cm³/mol. The molecule has 1 unspecified atom stereocenters. The molecule has 2 aromatic rings. The first kappa shape index (κ1) is 12.2. The van der Waals surface area contributed by atoms with E-state index in [1.54, 1.807) is 0 Å². The fourth-order valence-corrected chi connectivity index (χ4v) is 2.63. The van der Waals surface area contributed by atoms with Crippen LogP contribution in [0.2, 0.25) is 0 Å². The van der Waals surface area contributed by atoms with Crippen LogP contribution in [0, 0.1) is 0 Å². The smallest absolute Gasteiger partial charge is 0.122 e. The van der Waals surface area contributed by atoms with Crippen LogP contribution < -0.4 is 10.1 Å². The maximum absolute atomic E-state index is 5.57. The fraction of sp³-hybridized carbons (Fsp3) is 0.400. The molecule has 100 valence electrons. The summed E-state index contributed by atoms with van der Waals surface area (Å²) in [7, 11) is 2.03. The van der Waals surface area contributed by atoms with Crippen LogP contribution in [0.15, 0.2) is 30.7 Å². The van der Waals surface area contributed by atoms with E-state index in [1.807, 2.05) is 19.6 Å². The summed E-state index contributed by atoms with van der Waals surface area (Å²) in [6, 6.07) is 6.66. The van der Waals surface area contributed by atoms with Crippen LogP contribution in [0.5, 0.6) is 5.75 Å². The molecule has 0 fully saturated rings. The van der Waals surface area contributed by atoms with Crippen LogP contribution in [0.3, 0.4) is 0 Å². The first-order valence-electron chi connectivity index (χ1n) is 6.75. The summed E-state index contributed by atoms with van der Waals surface area (Å²) in [5.41, 5.74) is 3.76. The SMILES string of the molecule is CCNC(c1ccc2c(c1)CCO2)c1cncn1C. The number of imidazole rings is 1. The quantitative estimate of drug-likeness (QED) is 0.911. The molecule has 0 bridgehead atoms. The van der Waals surface area contributed by atoms with Crippen molar-refractivity contribution in [3.63, 3.8) is 0 Å². The van der Waals surface area contributed by atoms with Gasteiger partial charge >= 0.3 is 0 Å². The lowest BCUT2D eigenvalue weighted by molar-refractivity contribution is 0.357. The third-order valence-electron chi connectivity index (χ3n) is 3.60. The van der Waals surface area contributed by atoms with Gasteiger partial charge in [0.05, 0.1) is 30.9 Å². The molecule has 1 aromatic carbocycles. The number of ether oxygens (including phenoxy) is 1. The maximum atomic E-state index is 5.57. The highest BCUT2D eigenvalue weighted by Crippen LogP contribution is 2.30. The van der Waals surface area contributed by atoms with Gasteiger partial charge in [0.1, 0.15) is 5.75 Å². The van der Waals surface area contributed by atoms with Crippen molar-refractivity contribution < 1.29 is 4.74 Å². The Kier molecular flexibility index (Phi) is 3.25. The van der Waals surface area contributed by atoms with Crippen molar-refractivity contribution in [3.05, 3.63) is 47.5 Å². The standard InChI is InChI=1S/C15H19N3O/c1-3-17-15(13-9-16-10-18(13)2)12-4-5-14-11(8-12)6-7-19-14/h4-5,8-10,15,17H,3,6-7H2,1-2H3. The van der Waals surface area contributed by atoms with Gasteiger partial charge in [0.2, 0.25) is 0 Å². The number of nitrogens with one attached hydrogen (secondary N) is 1. The highest BCUT2D eigenvalue weighted by Gasteiger charge is 2.19. The molecule has 0 saturated heterocycles. The highest BCUT2D eigenvalue weighted by molar-refractivity contribution is 5.42. The van der Waals surface area contributed by atoms with Crippen LogP contribution in [-0.2, 0) is 13.5 Å². The molecule has 1 aliphatic rings. The number of fused-ring (bicyclic) bond motifs is 1. The summed E-state index contributed by atoms with van der Waals surface area (Å²) in [4.78, 5) is 4.22. The van der Waals surface area contributed by atoms with Crippen LogP contribution >= 0.6 is 0 Å². The maximum Gasteiger partial charge on any atom is 0.122 e. The molecule has 0 saturated carbocycles. The van der Waals surface area contributed by atoms with E-state index in [2.05, 4.69) is 40.0 Å². The third kappa shape index (κ3) is 2.24. The van der Waals surface area contributed by atoms with Crippen molar-refractivity contribution in [1.29, 1.82) is 0 Å². The lowest BCUT2D eigenvalue weighted by Gasteiger charge is -2.19. The molecule has 3 rings (SSSR count). The largest absolute Gasteiger partial charge is 0.493 e. The molecule has 1 N–H and O–H groups in total. The van der Waals surface area contributed by atoms with E-state index < -0.39 is 0 Å². The zero-order chi connectivity index (χ0) is 13.2. The molecule has 0 radical (unpaired) electrons. The number of rotatable bonds is 4. The van der Waals surface area contributed by atoms with Crippen molar-refractivity contribution in [2.75, 3.05) is 13.2 Å². The summed E-state index contributed by atoms with van der Waals surface area (Å²) in [5.74, 6) is 1.03. The zero-order valence-corrected chi connectivity index (χ0v) is 11.4. The Morgan fingerprint density at radius 1 is 1.47 bits per heavy atom. The minimum Gasteiger partial charge on any atom is -0.493 e. The Balaban J connectivity index is 1.98. The van der Waals surface area contributed by atoms with Crippen LogP contribution in [0.25, 0.3) is 0 Å². The minimum atomic E-state index is 0.184. The van der Waals surface area contributed by atoms with Gasteiger partial charge in [0.15, 0.2) is 0 Å². The fourth-order valence-electron chi connectivity index (χ4n) is 2.63. The monoisotopic (exact) mass is 257 g/mol. The Bertz CT molecular complexity index is 577. The van der Waals surface area contributed by atoms with Crippen LogP contribution in [0.1, 0.15) is 29.8 Å². The third-order valence-corrected chi connectivity index (χ3v) is 3.60. The number of nitrogens with zero attached hydrogens (tertiary/aromatic N) is 2. The summed E-state index contributed by atoms with van der Waals surface area (Å²) < 4.78 is 7.64. The van der Waals surface area contributed by atoms with E-state index >= 15 is 0 Å². The number of aromatic nitrogens is 2. The van der Waals surface area contributed by atoms with Crippen molar-refractivity contribution in [3.8, 4) is 5.75 Å². The lowest BCUT2D eigenvalue weighted by atomic mass is 10.0. The first-order chi connectivity index (χ1) is 9.29. The second-order valence-electron chi connectivity index (χ2n) is 4.89. The van der Waals surface area contributed by atoms with E-state index in [-0.39, 0.29) is 6.04 Å². The Hall–Kier alpha value is -1.81. The van der Waals surface area contributed by atoms with Crippen molar-refractivity contribution in [2.45, 2.75) is 19.4 Å².